The van der Waals surface area contributed by atoms with Crippen molar-refractivity contribution < 1.29 is 28.6 Å². The first kappa shape index (κ1) is 23.7. The number of amides is 1. The van der Waals surface area contributed by atoms with Crippen LogP contribution in [0.3, 0.4) is 0 Å². The number of pyridine rings is 1. The second-order valence-electron chi connectivity index (χ2n) is 6.49. The van der Waals surface area contributed by atoms with Gasteiger partial charge in [-0.05, 0) is 13.8 Å². The Morgan fingerprint density at radius 3 is 2.65 bits per heavy atom. The number of carboxylic acids is 1. The fraction of sp³-hybridized carbons (Fsp3) is 0.238. The molecule has 0 unspecified atom stereocenters. The van der Waals surface area contributed by atoms with Crippen molar-refractivity contribution in [1.29, 1.82) is 0 Å². The van der Waals surface area contributed by atoms with Crippen molar-refractivity contribution in [3.05, 3.63) is 65.5 Å². The van der Waals surface area contributed by atoms with Crippen LogP contribution in [0.4, 0.5) is 9.52 Å². The third-order valence-electron chi connectivity index (χ3n) is 3.54. The molecule has 0 radical (unpaired) electrons. The zero-order valence-electron chi connectivity index (χ0n) is 17.1. The minimum absolute atomic E-state index is 0.0465. The molecule has 1 amide bonds. The van der Waals surface area contributed by atoms with Gasteiger partial charge in [0.25, 0.3) is 5.91 Å². The zero-order chi connectivity index (χ0) is 23.0. The first-order valence-electron chi connectivity index (χ1n) is 9.13. The number of halogens is 1. The summed E-state index contributed by atoms with van der Waals surface area (Å²) < 4.78 is 24.6. The molecule has 0 aromatic carbocycles. The summed E-state index contributed by atoms with van der Waals surface area (Å²) in [4.78, 5) is 31.7. The van der Waals surface area contributed by atoms with E-state index in [1.807, 2.05) is 0 Å². The predicted octanol–water partition coefficient (Wildman–Crippen LogP) is 4.18. The average molecular weight is 447 g/mol. The number of carbonyl (C=O) groups excluding carboxylic acids is 1. The van der Waals surface area contributed by atoms with Crippen LogP contribution >= 0.6 is 11.3 Å². The van der Waals surface area contributed by atoms with E-state index in [0.29, 0.717) is 5.69 Å². The van der Waals surface area contributed by atoms with E-state index in [2.05, 4.69) is 28.4 Å². The van der Waals surface area contributed by atoms with Gasteiger partial charge in [-0.3, -0.25) is 14.9 Å². The van der Waals surface area contributed by atoms with E-state index < -0.39 is 17.7 Å². The van der Waals surface area contributed by atoms with Crippen LogP contribution in [0.25, 0.3) is 0 Å². The van der Waals surface area contributed by atoms with Crippen LogP contribution in [0, 0.1) is 0 Å². The molecule has 31 heavy (non-hydrogen) atoms. The molecule has 0 aliphatic carbocycles. The molecule has 2 rings (SSSR count). The van der Waals surface area contributed by atoms with Crippen LogP contribution in [-0.2, 0) is 11.2 Å². The third-order valence-corrected chi connectivity index (χ3v) is 4.35. The topological polar surface area (TPSA) is 111 Å². The predicted molar refractivity (Wildman–Crippen MR) is 115 cm³/mol. The van der Waals surface area contributed by atoms with E-state index in [4.69, 9.17) is 14.6 Å². The van der Waals surface area contributed by atoms with Crippen LogP contribution in [0.1, 0.15) is 29.9 Å². The molecule has 0 aliphatic heterocycles. The van der Waals surface area contributed by atoms with Gasteiger partial charge in [0, 0.05) is 23.1 Å². The number of rotatable bonds is 11. The number of allylic oxidation sites excluding steroid dienone is 2. The SMILES string of the molecule is C=C/C=C(/COc1cc(C(=O)Nc2nc(CC(=O)O)cs2)cc(OC(C)C)n1)C(=C)F. The lowest BCUT2D eigenvalue weighted by Crippen LogP contribution is -2.15. The lowest BCUT2D eigenvalue weighted by molar-refractivity contribution is -0.136. The Hall–Kier alpha value is -3.53. The van der Waals surface area contributed by atoms with E-state index in [0.717, 1.165) is 11.3 Å². The minimum Gasteiger partial charge on any atom is -0.481 e. The number of carbonyl (C=O) groups is 2. The van der Waals surface area contributed by atoms with Gasteiger partial charge >= 0.3 is 5.97 Å². The first-order chi connectivity index (χ1) is 14.7. The number of nitrogens with one attached hydrogen (secondary N) is 1. The van der Waals surface area contributed by atoms with Crippen LogP contribution < -0.4 is 14.8 Å². The van der Waals surface area contributed by atoms with Crippen molar-refractivity contribution in [2.75, 3.05) is 11.9 Å². The number of nitrogens with zero attached hydrogens (tertiary/aromatic N) is 2. The van der Waals surface area contributed by atoms with Crippen LogP contribution in [0.2, 0.25) is 0 Å². The van der Waals surface area contributed by atoms with E-state index in [1.165, 1.54) is 24.3 Å². The van der Waals surface area contributed by atoms with Crippen molar-refractivity contribution in [3.63, 3.8) is 0 Å². The molecule has 2 heterocycles. The molecule has 10 heteroatoms. The van der Waals surface area contributed by atoms with Crippen LogP contribution in [-0.4, -0.2) is 39.7 Å². The van der Waals surface area contributed by atoms with Crippen molar-refractivity contribution in [3.8, 4) is 11.8 Å². The fourth-order valence-electron chi connectivity index (χ4n) is 2.27. The van der Waals surface area contributed by atoms with Crippen molar-refractivity contribution in [1.82, 2.24) is 9.97 Å². The van der Waals surface area contributed by atoms with E-state index in [1.54, 1.807) is 19.2 Å². The second-order valence-corrected chi connectivity index (χ2v) is 7.35. The lowest BCUT2D eigenvalue weighted by Gasteiger charge is -2.13. The smallest absolute Gasteiger partial charge is 0.309 e. The summed E-state index contributed by atoms with van der Waals surface area (Å²) in [7, 11) is 0. The normalized spacial score (nSPS) is 11.2. The van der Waals surface area contributed by atoms with E-state index in [9.17, 15) is 14.0 Å². The number of aromatic nitrogens is 2. The highest BCUT2D eigenvalue weighted by atomic mass is 32.1. The summed E-state index contributed by atoms with van der Waals surface area (Å²) in [5, 5.41) is 13.2. The Labute approximate surface area is 182 Å². The number of thiazole rings is 1. The molecule has 2 aromatic heterocycles. The molecule has 0 atom stereocenters. The molecular formula is C21H22FN3O5S. The number of hydrogen-bond donors (Lipinski definition) is 2. The Bertz CT molecular complexity index is 1020. The summed E-state index contributed by atoms with van der Waals surface area (Å²) in [5.74, 6) is -2.01. The number of hydrogen-bond acceptors (Lipinski definition) is 7. The van der Waals surface area contributed by atoms with Gasteiger partial charge in [0.2, 0.25) is 11.8 Å². The first-order valence-corrected chi connectivity index (χ1v) is 10.0. The minimum atomic E-state index is -1.02. The Kier molecular flexibility index (Phi) is 8.44. The molecule has 0 saturated heterocycles. The molecule has 164 valence electrons. The summed E-state index contributed by atoms with van der Waals surface area (Å²) in [6.45, 7) is 10.2. The van der Waals surface area contributed by atoms with E-state index >= 15 is 0 Å². The second kappa shape index (κ2) is 11.0. The summed E-state index contributed by atoms with van der Waals surface area (Å²) >= 11 is 1.10. The maximum absolute atomic E-state index is 13.5. The quantitative estimate of drug-likeness (QED) is 0.497. The molecule has 0 spiro atoms. The van der Waals surface area contributed by atoms with Gasteiger partial charge in [-0.2, -0.15) is 4.98 Å². The van der Waals surface area contributed by atoms with Crippen molar-refractivity contribution in [2.45, 2.75) is 26.4 Å². The van der Waals surface area contributed by atoms with Crippen LogP contribution in [0.5, 0.6) is 11.8 Å². The largest absolute Gasteiger partial charge is 0.481 e. The standard InChI is InChI=1S/C21H22FN3O5S/c1-5-6-14(13(4)22)10-29-17-7-15(8-18(24-17)30-12(2)3)20(28)25-21-23-16(11-31-21)9-19(26)27/h5-8,11-12H,1,4,9-10H2,2-3H3,(H,26,27)(H,23,25,28)/b14-6-. The maximum Gasteiger partial charge on any atom is 0.309 e. The summed E-state index contributed by atoms with van der Waals surface area (Å²) in [5.41, 5.74) is 0.680. The number of carboxylic acid groups (broad SMARTS) is 1. The number of ether oxygens (including phenoxy) is 2. The molecule has 8 nitrogen and oxygen atoms in total. The number of anilines is 1. The molecule has 2 N–H and O–H groups in total. The summed E-state index contributed by atoms with van der Waals surface area (Å²) in [6.07, 6.45) is 2.37. The molecule has 0 aliphatic rings. The Morgan fingerprint density at radius 1 is 1.32 bits per heavy atom. The Morgan fingerprint density at radius 2 is 2.03 bits per heavy atom. The maximum atomic E-state index is 13.5. The number of aliphatic carboxylic acids is 1. The van der Waals surface area contributed by atoms with Crippen LogP contribution in [0.15, 0.2) is 54.2 Å². The molecule has 0 saturated carbocycles. The fourth-order valence-corrected chi connectivity index (χ4v) is 2.97. The highest BCUT2D eigenvalue weighted by Gasteiger charge is 2.15. The average Bonchev–Trinajstić information content (AvgIpc) is 3.10. The van der Waals surface area contributed by atoms with Crippen molar-refractivity contribution in [2.24, 2.45) is 0 Å². The third kappa shape index (κ3) is 7.67. The van der Waals surface area contributed by atoms with Gasteiger partial charge < -0.3 is 14.6 Å². The lowest BCUT2D eigenvalue weighted by atomic mass is 10.2. The zero-order valence-corrected chi connectivity index (χ0v) is 17.9. The van der Waals surface area contributed by atoms with Gasteiger partial charge in [0.15, 0.2) is 5.13 Å². The van der Waals surface area contributed by atoms with Gasteiger partial charge in [0.1, 0.15) is 12.4 Å². The van der Waals surface area contributed by atoms with Gasteiger partial charge in [-0.1, -0.05) is 25.3 Å². The molecule has 0 fully saturated rings. The molecular weight excluding hydrogens is 425 g/mol. The molecule has 0 bridgehead atoms. The Balaban J connectivity index is 2.23. The van der Waals surface area contributed by atoms with Gasteiger partial charge in [-0.15, -0.1) is 11.3 Å². The van der Waals surface area contributed by atoms with Crippen molar-refractivity contribution >= 4 is 28.3 Å². The summed E-state index contributed by atoms with van der Waals surface area (Å²) in [6, 6.07) is 2.81. The van der Waals surface area contributed by atoms with Gasteiger partial charge in [0.05, 0.1) is 23.8 Å². The van der Waals surface area contributed by atoms with Gasteiger partial charge in [-0.25, -0.2) is 9.37 Å². The highest BCUT2D eigenvalue weighted by Crippen LogP contribution is 2.23. The molecule has 2 aromatic rings. The monoisotopic (exact) mass is 447 g/mol. The van der Waals surface area contributed by atoms with E-state index in [-0.39, 0.29) is 47.2 Å². The highest BCUT2D eigenvalue weighted by molar-refractivity contribution is 7.14.